The van der Waals surface area contributed by atoms with Crippen LogP contribution in [0.4, 0.5) is 5.69 Å². The van der Waals surface area contributed by atoms with Crippen LogP contribution >= 0.6 is 0 Å². The summed E-state index contributed by atoms with van der Waals surface area (Å²) in [5, 5.41) is 0. The molecule has 1 aliphatic rings. The largest absolute Gasteiger partial charge is 0.492 e. The third-order valence-corrected chi connectivity index (χ3v) is 3.78. The van der Waals surface area contributed by atoms with Crippen molar-refractivity contribution >= 4 is 5.69 Å². The first-order valence-corrected chi connectivity index (χ1v) is 7.09. The lowest BCUT2D eigenvalue weighted by Crippen LogP contribution is -2.28. The lowest BCUT2D eigenvalue weighted by Gasteiger charge is -2.19. The predicted molar refractivity (Wildman–Crippen MR) is 81.8 cm³/mol. The van der Waals surface area contributed by atoms with Crippen molar-refractivity contribution in [1.29, 1.82) is 0 Å². The lowest BCUT2D eigenvalue weighted by atomic mass is 10.1. The molecule has 2 aromatic carbocycles. The van der Waals surface area contributed by atoms with Gasteiger partial charge in [0, 0.05) is 30.9 Å². The Hall–Kier alpha value is -2.00. The van der Waals surface area contributed by atoms with E-state index in [1.165, 1.54) is 11.1 Å². The van der Waals surface area contributed by atoms with Gasteiger partial charge in [-0.1, -0.05) is 36.4 Å². The van der Waals surface area contributed by atoms with Crippen LogP contribution in [0, 0.1) is 0 Å². The van der Waals surface area contributed by atoms with Crippen LogP contribution in [0.3, 0.4) is 0 Å². The smallest absolute Gasteiger partial charge is 0.123 e. The van der Waals surface area contributed by atoms with Gasteiger partial charge in [-0.2, -0.15) is 0 Å². The summed E-state index contributed by atoms with van der Waals surface area (Å²) in [4.78, 5) is 2.43. The first-order valence-electron chi connectivity index (χ1n) is 7.09. The number of anilines is 1. The fraction of sp³-hybridized carbons (Fsp3) is 0.294. The zero-order valence-electron chi connectivity index (χ0n) is 11.6. The van der Waals surface area contributed by atoms with Crippen molar-refractivity contribution in [2.24, 2.45) is 0 Å². The lowest BCUT2D eigenvalue weighted by molar-refractivity contribution is 0.228. The summed E-state index contributed by atoms with van der Waals surface area (Å²) < 4.78 is 5.79. The van der Waals surface area contributed by atoms with Crippen LogP contribution in [0.2, 0.25) is 0 Å². The molecule has 0 spiro atoms. The van der Waals surface area contributed by atoms with Gasteiger partial charge in [-0.3, -0.25) is 4.90 Å². The summed E-state index contributed by atoms with van der Waals surface area (Å²) >= 11 is 0. The van der Waals surface area contributed by atoms with E-state index in [1.54, 1.807) is 0 Å². The Morgan fingerprint density at radius 2 is 1.85 bits per heavy atom. The highest BCUT2D eigenvalue weighted by atomic mass is 16.5. The fourth-order valence-electron chi connectivity index (χ4n) is 2.61. The maximum Gasteiger partial charge on any atom is 0.123 e. The van der Waals surface area contributed by atoms with Crippen LogP contribution in [-0.4, -0.2) is 24.6 Å². The normalized spacial score (nSPS) is 15.2. The average molecular weight is 268 g/mol. The van der Waals surface area contributed by atoms with Crippen LogP contribution in [0.15, 0.2) is 48.5 Å². The molecule has 3 heteroatoms. The third kappa shape index (κ3) is 2.94. The highest BCUT2D eigenvalue weighted by Crippen LogP contribution is 2.22. The second-order valence-corrected chi connectivity index (χ2v) is 5.18. The molecule has 20 heavy (non-hydrogen) atoms. The van der Waals surface area contributed by atoms with Crippen molar-refractivity contribution in [2.45, 2.75) is 13.0 Å². The maximum atomic E-state index is 6.00. The Kier molecular flexibility index (Phi) is 3.88. The molecule has 1 heterocycles. The summed E-state index contributed by atoms with van der Waals surface area (Å²) in [5.41, 5.74) is 9.39. The zero-order chi connectivity index (χ0) is 13.8. The minimum Gasteiger partial charge on any atom is -0.492 e. The number of ether oxygens (including phenoxy) is 1. The average Bonchev–Trinajstić information content (AvgIpc) is 2.68. The SMILES string of the molecule is Nc1ccccc1CCN1CCOc2ccccc2C1. The van der Waals surface area contributed by atoms with E-state index in [4.69, 9.17) is 10.5 Å². The van der Waals surface area contributed by atoms with E-state index in [9.17, 15) is 0 Å². The molecule has 0 bridgehead atoms. The van der Waals surface area contributed by atoms with Crippen molar-refractivity contribution in [3.8, 4) is 5.75 Å². The second-order valence-electron chi connectivity index (χ2n) is 5.18. The Bertz CT molecular complexity index is 583. The number of nitrogen functional groups attached to an aromatic ring is 1. The third-order valence-electron chi connectivity index (χ3n) is 3.78. The van der Waals surface area contributed by atoms with Gasteiger partial charge in [-0.25, -0.2) is 0 Å². The molecular formula is C17H20N2O. The number of benzene rings is 2. The Morgan fingerprint density at radius 1 is 1.05 bits per heavy atom. The van der Waals surface area contributed by atoms with Crippen molar-refractivity contribution in [3.63, 3.8) is 0 Å². The standard InChI is InChI=1S/C17H20N2O/c18-16-7-3-1-5-14(16)9-10-19-11-12-20-17-8-4-2-6-15(17)13-19/h1-8H,9-13,18H2. The quantitative estimate of drug-likeness (QED) is 0.870. The number of hydrogen-bond donors (Lipinski definition) is 1. The molecule has 0 atom stereocenters. The number of rotatable bonds is 3. The number of nitrogens with two attached hydrogens (primary N) is 1. The highest BCUT2D eigenvalue weighted by molar-refractivity contribution is 5.46. The van der Waals surface area contributed by atoms with E-state index in [0.717, 1.165) is 44.1 Å². The van der Waals surface area contributed by atoms with Crippen LogP contribution < -0.4 is 10.5 Å². The molecular weight excluding hydrogens is 248 g/mol. The monoisotopic (exact) mass is 268 g/mol. The zero-order valence-corrected chi connectivity index (χ0v) is 11.6. The van der Waals surface area contributed by atoms with E-state index < -0.39 is 0 Å². The van der Waals surface area contributed by atoms with E-state index in [0.29, 0.717) is 0 Å². The second kappa shape index (κ2) is 5.97. The van der Waals surface area contributed by atoms with Crippen LogP contribution in [0.25, 0.3) is 0 Å². The minimum atomic E-state index is 0.751. The van der Waals surface area contributed by atoms with Crippen molar-refractivity contribution in [3.05, 3.63) is 59.7 Å². The minimum absolute atomic E-state index is 0.751. The molecule has 0 aliphatic carbocycles. The van der Waals surface area contributed by atoms with Gasteiger partial charge in [-0.05, 0) is 24.1 Å². The molecule has 1 aliphatic heterocycles. The first kappa shape index (κ1) is 13.0. The van der Waals surface area contributed by atoms with E-state index in [2.05, 4.69) is 23.1 Å². The molecule has 0 amide bonds. The topological polar surface area (TPSA) is 38.5 Å². The summed E-state index contributed by atoms with van der Waals surface area (Å²) in [6, 6.07) is 16.4. The summed E-state index contributed by atoms with van der Waals surface area (Å²) in [5.74, 6) is 1.02. The molecule has 3 rings (SSSR count). The number of fused-ring (bicyclic) bond motifs is 1. The van der Waals surface area contributed by atoms with Crippen molar-refractivity contribution in [1.82, 2.24) is 4.90 Å². The van der Waals surface area contributed by atoms with Crippen LogP contribution in [0.5, 0.6) is 5.75 Å². The predicted octanol–water partition coefficient (Wildman–Crippen LogP) is 2.71. The maximum absolute atomic E-state index is 6.00. The number of para-hydroxylation sites is 2. The summed E-state index contributed by atoms with van der Waals surface area (Å²) in [6.45, 7) is 3.66. The molecule has 0 saturated heterocycles. The molecule has 104 valence electrons. The van der Waals surface area contributed by atoms with Crippen LogP contribution in [0.1, 0.15) is 11.1 Å². The van der Waals surface area contributed by atoms with Gasteiger partial charge >= 0.3 is 0 Å². The van der Waals surface area contributed by atoms with E-state index in [1.807, 2.05) is 30.3 Å². The summed E-state index contributed by atoms with van der Waals surface area (Å²) in [6.07, 6.45) is 0.981. The Balaban J connectivity index is 1.66. The molecule has 0 radical (unpaired) electrons. The molecule has 2 N–H and O–H groups in total. The van der Waals surface area contributed by atoms with E-state index >= 15 is 0 Å². The highest BCUT2D eigenvalue weighted by Gasteiger charge is 2.14. The van der Waals surface area contributed by atoms with Crippen LogP contribution in [-0.2, 0) is 13.0 Å². The Morgan fingerprint density at radius 3 is 2.75 bits per heavy atom. The van der Waals surface area contributed by atoms with Gasteiger partial charge in [0.2, 0.25) is 0 Å². The van der Waals surface area contributed by atoms with Gasteiger partial charge in [0.15, 0.2) is 0 Å². The molecule has 0 saturated carbocycles. The molecule has 0 aromatic heterocycles. The van der Waals surface area contributed by atoms with Crippen molar-refractivity contribution in [2.75, 3.05) is 25.4 Å². The number of hydrogen-bond acceptors (Lipinski definition) is 3. The van der Waals surface area contributed by atoms with Crippen molar-refractivity contribution < 1.29 is 4.74 Å². The molecule has 0 unspecified atom stereocenters. The van der Waals surface area contributed by atoms with E-state index in [-0.39, 0.29) is 0 Å². The van der Waals surface area contributed by atoms with Gasteiger partial charge in [-0.15, -0.1) is 0 Å². The van der Waals surface area contributed by atoms with Gasteiger partial charge in [0.25, 0.3) is 0 Å². The first-order chi connectivity index (χ1) is 9.83. The molecule has 0 fully saturated rings. The number of nitrogens with zero attached hydrogens (tertiary/aromatic N) is 1. The fourth-order valence-corrected chi connectivity index (χ4v) is 2.61. The molecule has 2 aromatic rings. The van der Waals surface area contributed by atoms with Gasteiger partial charge < -0.3 is 10.5 Å². The summed E-state index contributed by atoms with van der Waals surface area (Å²) in [7, 11) is 0. The Labute approximate surface area is 120 Å². The van der Waals surface area contributed by atoms with Gasteiger partial charge in [0.05, 0.1) is 0 Å². The van der Waals surface area contributed by atoms with Gasteiger partial charge in [0.1, 0.15) is 12.4 Å². The molecule has 3 nitrogen and oxygen atoms in total.